The maximum atomic E-state index is 3.36. The molecule has 1 rings (SSSR count). The number of rotatable bonds is 3. The van der Waals surface area contributed by atoms with Crippen LogP contribution in [0.5, 0.6) is 0 Å². The van der Waals surface area contributed by atoms with Crippen LogP contribution in [-0.4, -0.2) is 0 Å². The smallest absolute Gasteiger partial charge is 0.0604 e. The molecule has 0 aromatic heterocycles. The van der Waals surface area contributed by atoms with Gasteiger partial charge in [-0.25, -0.2) is 0 Å². The van der Waals surface area contributed by atoms with Gasteiger partial charge in [-0.2, -0.15) is 0 Å². The van der Waals surface area contributed by atoms with Gasteiger partial charge in [0.15, 0.2) is 0 Å². The first-order chi connectivity index (χ1) is 8.33. The fourth-order valence-corrected chi connectivity index (χ4v) is 2.74. The Balaban J connectivity index is 2.89. The monoisotopic (exact) mass is 372 g/mol. The minimum Gasteiger partial charge on any atom is -0.0696 e. The molecule has 1 aliphatic rings. The van der Waals surface area contributed by atoms with Gasteiger partial charge in [-0.3, -0.25) is 0 Å². The second-order valence-electron chi connectivity index (χ2n) is 5.63. The Bertz CT molecular complexity index is 416. The van der Waals surface area contributed by atoms with E-state index in [1.807, 2.05) is 6.08 Å². The summed E-state index contributed by atoms with van der Waals surface area (Å²) < 4.78 is 0.969. The molecule has 0 radical (unpaired) electrons. The Morgan fingerprint density at radius 2 is 1.89 bits per heavy atom. The molecule has 0 atom stereocenters. The minimum absolute atomic E-state index is 0.324. The van der Waals surface area contributed by atoms with E-state index < -0.39 is 0 Å². The Kier molecular flexibility index (Phi) is 6.13. The van der Waals surface area contributed by atoms with Crippen molar-refractivity contribution in [2.45, 2.75) is 47.0 Å². The van der Waals surface area contributed by atoms with Crippen molar-refractivity contribution in [1.29, 1.82) is 0 Å². The van der Waals surface area contributed by atoms with Crippen LogP contribution in [0.15, 0.2) is 44.4 Å². The lowest BCUT2D eigenvalue weighted by Gasteiger charge is -2.32. The van der Waals surface area contributed by atoms with E-state index in [0.717, 1.165) is 3.39 Å². The highest BCUT2D eigenvalue weighted by atomic mass is 79.9. The molecule has 100 valence electrons. The highest BCUT2D eigenvalue weighted by Crippen LogP contribution is 2.40. The van der Waals surface area contributed by atoms with E-state index in [2.05, 4.69) is 77.8 Å². The van der Waals surface area contributed by atoms with Gasteiger partial charge in [0.25, 0.3) is 0 Å². The molecule has 0 fully saturated rings. The van der Waals surface area contributed by atoms with Crippen molar-refractivity contribution in [2.75, 3.05) is 0 Å². The van der Waals surface area contributed by atoms with Gasteiger partial charge in [-0.15, -0.1) is 0 Å². The Labute approximate surface area is 128 Å². The molecule has 0 unspecified atom stereocenters. The van der Waals surface area contributed by atoms with Crippen molar-refractivity contribution in [3.8, 4) is 0 Å². The van der Waals surface area contributed by atoms with Crippen LogP contribution in [0, 0.1) is 5.41 Å². The number of hydrogen-bond acceptors (Lipinski definition) is 0. The van der Waals surface area contributed by atoms with Crippen LogP contribution in [0.1, 0.15) is 47.0 Å². The second kappa shape index (κ2) is 6.91. The summed E-state index contributed by atoms with van der Waals surface area (Å²) >= 11 is 6.72. The average Bonchev–Trinajstić information content (AvgIpc) is 2.24. The summed E-state index contributed by atoms with van der Waals surface area (Å²) in [5.41, 5.74) is 4.65. The van der Waals surface area contributed by atoms with Crippen molar-refractivity contribution < 1.29 is 0 Å². The van der Waals surface area contributed by atoms with E-state index in [9.17, 15) is 0 Å². The molecule has 0 nitrogen and oxygen atoms in total. The van der Waals surface area contributed by atoms with Gasteiger partial charge >= 0.3 is 0 Å². The highest BCUT2D eigenvalue weighted by Gasteiger charge is 2.26. The van der Waals surface area contributed by atoms with Crippen molar-refractivity contribution in [1.82, 2.24) is 0 Å². The molecule has 0 N–H and O–H groups in total. The van der Waals surface area contributed by atoms with Crippen LogP contribution in [0.4, 0.5) is 0 Å². The molecule has 0 aliphatic heterocycles. The largest absolute Gasteiger partial charge is 0.0696 e. The molecule has 0 spiro atoms. The lowest BCUT2D eigenvalue weighted by Crippen LogP contribution is -2.19. The van der Waals surface area contributed by atoms with Gasteiger partial charge < -0.3 is 0 Å². The van der Waals surface area contributed by atoms with Crippen LogP contribution >= 0.6 is 31.9 Å². The summed E-state index contributed by atoms with van der Waals surface area (Å²) in [7, 11) is 0. The van der Waals surface area contributed by atoms with Crippen molar-refractivity contribution in [3.63, 3.8) is 0 Å². The Morgan fingerprint density at radius 3 is 2.44 bits per heavy atom. The molecular weight excluding hydrogens is 352 g/mol. The zero-order valence-corrected chi connectivity index (χ0v) is 14.9. The molecule has 0 saturated heterocycles. The van der Waals surface area contributed by atoms with Gasteiger partial charge in [0, 0.05) is 0 Å². The summed E-state index contributed by atoms with van der Waals surface area (Å²) in [4.78, 5) is 0. The standard InChI is InChI=1S/C16H22Br2/c1-12(8-10-15(17)18)7-9-14-13(2)6-5-11-16(14,3)4/h7-10H,5-6,11H2,1-4H3/b9-7+,12-8+. The first-order valence-corrected chi connectivity index (χ1v) is 7.99. The van der Waals surface area contributed by atoms with Gasteiger partial charge in [-0.1, -0.05) is 43.2 Å². The van der Waals surface area contributed by atoms with Gasteiger partial charge in [0.2, 0.25) is 0 Å². The zero-order valence-electron chi connectivity index (χ0n) is 11.7. The SMILES string of the molecule is CC1=C(/C=C/C(C)=C/C=C(Br)Br)C(C)(C)CCC1. The number of allylic oxidation sites excluding steroid dienone is 7. The average molecular weight is 374 g/mol. The molecule has 2 heteroatoms. The predicted octanol–water partition coefficient (Wildman–Crippen LogP) is 6.65. The van der Waals surface area contributed by atoms with Gasteiger partial charge in [0.05, 0.1) is 3.39 Å². The van der Waals surface area contributed by atoms with E-state index in [0.29, 0.717) is 5.41 Å². The summed E-state index contributed by atoms with van der Waals surface area (Å²) in [5, 5.41) is 0. The van der Waals surface area contributed by atoms with Crippen molar-refractivity contribution >= 4 is 31.9 Å². The molecule has 0 bridgehead atoms. The lowest BCUT2D eigenvalue weighted by atomic mass is 9.72. The topological polar surface area (TPSA) is 0 Å². The van der Waals surface area contributed by atoms with Crippen LogP contribution in [0.2, 0.25) is 0 Å². The van der Waals surface area contributed by atoms with Crippen LogP contribution in [0.25, 0.3) is 0 Å². The molecule has 0 saturated carbocycles. The first-order valence-electron chi connectivity index (χ1n) is 6.41. The van der Waals surface area contributed by atoms with E-state index >= 15 is 0 Å². The fraction of sp³-hybridized carbons (Fsp3) is 0.500. The molecular formula is C16H22Br2. The third-order valence-electron chi connectivity index (χ3n) is 3.53. The molecule has 18 heavy (non-hydrogen) atoms. The third-order valence-corrected chi connectivity index (χ3v) is 4.06. The van der Waals surface area contributed by atoms with E-state index in [-0.39, 0.29) is 0 Å². The summed E-state index contributed by atoms with van der Waals surface area (Å²) in [6, 6.07) is 0. The van der Waals surface area contributed by atoms with E-state index in [4.69, 9.17) is 0 Å². The molecule has 0 heterocycles. The Hall–Kier alpha value is -0.0800. The minimum atomic E-state index is 0.324. The molecule has 0 aromatic carbocycles. The molecule has 0 aromatic rings. The third kappa shape index (κ3) is 4.89. The van der Waals surface area contributed by atoms with Crippen LogP contribution < -0.4 is 0 Å². The number of hydrogen-bond donors (Lipinski definition) is 0. The lowest BCUT2D eigenvalue weighted by molar-refractivity contribution is 0.377. The quantitative estimate of drug-likeness (QED) is 0.486. The fourth-order valence-electron chi connectivity index (χ4n) is 2.48. The van der Waals surface area contributed by atoms with Crippen molar-refractivity contribution in [2.24, 2.45) is 5.41 Å². The van der Waals surface area contributed by atoms with Crippen LogP contribution in [-0.2, 0) is 0 Å². The van der Waals surface area contributed by atoms with E-state index in [1.54, 1.807) is 5.57 Å². The normalized spacial score (nSPS) is 20.4. The van der Waals surface area contributed by atoms with Gasteiger partial charge in [-0.05, 0) is 82.0 Å². The Morgan fingerprint density at radius 1 is 1.22 bits per heavy atom. The van der Waals surface area contributed by atoms with E-state index in [1.165, 1.54) is 30.4 Å². The molecule has 1 aliphatic carbocycles. The summed E-state index contributed by atoms with van der Waals surface area (Å²) in [5.74, 6) is 0. The zero-order chi connectivity index (χ0) is 13.8. The summed E-state index contributed by atoms with van der Waals surface area (Å²) in [6.45, 7) is 9.10. The summed E-state index contributed by atoms with van der Waals surface area (Å²) in [6.07, 6.45) is 12.5. The van der Waals surface area contributed by atoms with Crippen LogP contribution in [0.3, 0.4) is 0 Å². The number of halogens is 2. The maximum absolute atomic E-state index is 3.36. The predicted molar refractivity (Wildman–Crippen MR) is 89.2 cm³/mol. The first kappa shape index (κ1) is 16.0. The van der Waals surface area contributed by atoms with Crippen molar-refractivity contribution in [3.05, 3.63) is 44.4 Å². The van der Waals surface area contributed by atoms with Gasteiger partial charge in [0.1, 0.15) is 0 Å². The maximum Gasteiger partial charge on any atom is 0.0604 e. The highest BCUT2D eigenvalue weighted by molar-refractivity contribution is 9.28. The molecule has 0 amide bonds. The second-order valence-corrected chi connectivity index (χ2v) is 8.40.